The van der Waals surface area contributed by atoms with Gasteiger partial charge in [-0.15, -0.1) is 0 Å². The van der Waals surface area contributed by atoms with E-state index in [4.69, 9.17) is 52.1 Å². The van der Waals surface area contributed by atoms with Gasteiger partial charge < -0.3 is 180 Å². The first-order chi connectivity index (χ1) is 52.7. The Hall–Kier alpha value is -15.4. The molecule has 8 aromatic rings. The van der Waals surface area contributed by atoms with E-state index in [0.717, 1.165) is 0 Å². The minimum atomic E-state index is -2.99. The van der Waals surface area contributed by atoms with Gasteiger partial charge in [0.2, 0.25) is 65.0 Å². The van der Waals surface area contributed by atoms with E-state index >= 15 is 4.79 Å². The van der Waals surface area contributed by atoms with Gasteiger partial charge in [-0.25, -0.2) is 38.4 Å². The highest BCUT2D eigenvalue weighted by Gasteiger charge is 2.57. The largest absolute Gasteiger partial charge is 0.504 e. The Morgan fingerprint density at radius 1 is 0.348 bits per heavy atom. The molecule has 0 aliphatic carbocycles. The molecule has 112 heavy (non-hydrogen) atoms. The zero-order valence-electron chi connectivity index (χ0n) is 55.0. The summed E-state index contributed by atoms with van der Waals surface area (Å²) in [6.45, 7) is -2.81. The van der Waals surface area contributed by atoms with E-state index in [1.807, 2.05) is 0 Å². The minimum absolute atomic E-state index is 0.172. The Kier molecular flexibility index (Phi) is 19.3. The second-order valence-electron chi connectivity index (χ2n) is 24.2. The quantitative estimate of drug-likeness (QED) is 0.0498. The molecule has 0 amide bonds. The van der Waals surface area contributed by atoms with Crippen LogP contribution in [0.25, 0.3) is 22.3 Å². The Morgan fingerprint density at radius 3 is 1.13 bits per heavy atom. The molecule has 4 aliphatic heterocycles. The summed E-state index contributed by atoms with van der Waals surface area (Å²) in [5, 5.41) is 270. The lowest BCUT2D eigenvalue weighted by atomic mass is 9.91. The van der Waals surface area contributed by atoms with Crippen molar-refractivity contribution < 1.29 is 218 Å². The second kappa shape index (κ2) is 28.4. The maximum atomic E-state index is 15.1. The number of phenolic OH excluding ortho intramolecular Hbond substituents is 23. The summed E-state index contributed by atoms with van der Waals surface area (Å²) in [4.78, 5) is 116. The fraction of sp³-hybridized carbons (Fsp3) is 0.176. The molecule has 2 saturated heterocycles. The molecule has 4 heterocycles. The summed E-state index contributed by atoms with van der Waals surface area (Å²) in [6.07, 6.45) is -26.0. The Labute approximate surface area is 616 Å². The van der Waals surface area contributed by atoms with Gasteiger partial charge in [0.25, 0.3) is 0 Å². The molecule has 0 spiro atoms. The summed E-state index contributed by atoms with van der Waals surface area (Å²) in [5.74, 6) is -50.9. The number of aliphatic hydroxyl groups excluding tert-OH is 2. The van der Waals surface area contributed by atoms with Gasteiger partial charge in [0.1, 0.15) is 30.5 Å². The molecule has 8 aromatic carbocycles. The normalized spacial score (nSPS) is 20.6. The first-order valence-electron chi connectivity index (χ1n) is 31.1. The van der Waals surface area contributed by atoms with Gasteiger partial charge in [0.05, 0.1) is 45.6 Å². The molecule has 0 aromatic heterocycles. The molecule has 44 nitrogen and oxygen atoms in total. The molecular weight excluding hydrogens is 1520 g/mol. The lowest BCUT2D eigenvalue weighted by Gasteiger charge is -2.44. The van der Waals surface area contributed by atoms with E-state index in [1.54, 1.807) is 0 Å². The SMILES string of the molecule is O=C(O[C@@H]1O[C@H](CO)[C@@H](O)[C@H](OC(=O)c2cc(O)c(O)c(O)c2)[C@H]1OC(=O)c1cc(O)c(O)c(O)c1)c1cc(O)c(O)c(Oc2c(C(=O)O[C@H]3O[C@@H]4COC(=O)c5cc(O)c(O)c(O)c5-c5c(cc(O)c(O)c5O)C(=O)O[C@H]4[C@@H]4OC(=O)c5cc(O)c(O)c(O)c5-c5c(cc(O)c(O)c5O)C(=O)O[C@@H]34)cc(O)c(O)c2O)c1. The third-order valence-electron chi connectivity index (χ3n) is 17.4. The van der Waals surface area contributed by atoms with Gasteiger partial charge in [-0.2, -0.15) is 0 Å². The third-order valence-corrected chi connectivity index (χ3v) is 17.4. The number of aromatic hydroxyl groups is 23. The van der Waals surface area contributed by atoms with Crippen LogP contribution < -0.4 is 4.74 Å². The highest BCUT2D eigenvalue weighted by Crippen LogP contribution is 2.57. The summed E-state index contributed by atoms with van der Waals surface area (Å²) < 4.78 is 61.7. The molecule has 12 rings (SSSR count). The molecule has 25 N–H and O–H groups in total. The lowest BCUT2D eigenvalue weighted by Crippen LogP contribution is -2.63. The summed E-state index contributed by atoms with van der Waals surface area (Å²) in [7, 11) is 0. The molecule has 0 saturated carbocycles. The van der Waals surface area contributed by atoms with Crippen molar-refractivity contribution >= 4 is 47.8 Å². The van der Waals surface area contributed by atoms with Crippen LogP contribution in [-0.4, -0.2) is 250 Å². The maximum Gasteiger partial charge on any atom is 0.344 e. The number of hydrogen-bond donors (Lipinski definition) is 25. The van der Waals surface area contributed by atoms with Crippen molar-refractivity contribution in [3.63, 3.8) is 0 Å². The van der Waals surface area contributed by atoms with Crippen molar-refractivity contribution in [3.05, 3.63) is 111 Å². The lowest BCUT2D eigenvalue weighted by molar-refractivity contribution is -0.283. The number of carbonyl (C=O) groups is 8. The number of cyclic esters (lactones) is 1. The van der Waals surface area contributed by atoms with Crippen molar-refractivity contribution in [2.45, 2.75) is 61.4 Å². The van der Waals surface area contributed by atoms with Crippen molar-refractivity contribution in [3.8, 4) is 166 Å². The van der Waals surface area contributed by atoms with E-state index in [-0.39, 0.29) is 18.2 Å². The van der Waals surface area contributed by atoms with Gasteiger partial charge in [0.15, 0.2) is 122 Å². The molecular formula is C68H50O44. The van der Waals surface area contributed by atoms with Gasteiger partial charge in [-0.1, -0.05) is 0 Å². The molecule has 0 unspecified atom stereocenters. The first-order valence-corrected chi connectivity index (χ1v) is 31.1. The van der Waals surface area contributed by atoms with Gasteiger partial charge in [-0.05, 0) is 60.7 Å². The second-order valence-corrected chi connectivity index (χ2v) is 24.2. The van der Waals surface area contributed by atoms with Gasteiger partial charge >= 0.3 is 47.8 Å². The Bertz CT molecular complexity index is 5350. The summed E-state index contributed by atoms with van der Waals surface area (Å²) in [6, 6.07) is 4.16. The predicted molar refractivity (Wildman–Crippen MR) is 345 cm³/mol. The molecule has 586 valence electrons. The van der Waals surface area contributed by atoms with Crippen LogP contribution in [0, 0.1) is 0 Å². The molecule has 0 radical (unpaired) electrons. The summed E-state index contributed by atoms with van der Waals surface area (Å²) in [5.41, 5.74) is -14.1. The zero-order valence-corrected chi connectivity index (χ0v) is 55.0. The zero-order chi connectivity index (χ0) is 81.7. The first kappa shape index (κ1) is 76.2. The Morgan fingerprint density at radius 2 is 0.696 bits per heavy atom. The van der Waals surface area contributed by atoms with Crippen LogP contribution in [0.1, 0.15) is 82.9 Å². The highest BCUT2D eigenvalue weighted by atomic mass is 16.8. The van der Waals surface area contributed by atoms with E-state index in [0.29, 0.717) is 48.5 Å². The standard InChI is InChI=1S/C68H50O44/c69-12-33-47(88)55(107-59(94)14-1-22(70)39(80)23(71)2-14)57(109-60(95)15-3-24(72)40(81)25(73)4-15)67(104-33)111-61(96)16-5-26(74)41(82)32(6-16)103-53-21(11-31(79)46(87)52(53)93)66(101)112-68-58-56(108-64(99)19-9-29(77)44(85)50(91)37(19)38-20(65(100)110-58)10-30(78)45(86)51(38)92)54-34(105-68)13-102-62(97)17-7-27(75)42(83)48(89)35(17)36-18(63(98)106-54)8-28(76)43(84)49(36)90/h1-11,33-34,47,54-58,67-93H,12-13H2/t33-,34-,47-,54-,55+,56+,57-,58-,67+,68-/m1/s1. The Balaban J connectivity index is 0.946. The van der Waals surface area contributed by atoms with Gasteiger partial charge in [-0.3, -0.25) is 0 Å². The number of rotatable bonds is 11. The highest BCUT2D eigenvalue weighted by molar-refractivity contribution is 6.10. The predicted octanol–water partition coefficient (Wildman–Crippen LogP) is 1.77. The maximum absolute atomic E-state index is 15.1. The number of esters is 8. The van der Waals surface area contributed by atoms with E-state index in [9.17, 15) is 161 Å². The number of ether oxygens (including phenoxy) is 11. The number of aliphatic hydroxyl groups is 2. The van der Waals surface area contributed by atoms with E-state index in [2.05, 4.69) is 0 Å². The third kappa shape index (κ3) is 13.1. The number of carbonyl (C=O) groups excluding carboxylic acids is 8. The van der Waals surface area contributed by atoms with Crippen LogP contribution in [0.4, 0.5) is 0 Å². The van der Waals surface area contributed by atoms with Crippen molar-refractivity contribution in [1.29, 1.82) is 0 Å². The fourth-order valence-electron chi connectivity index (χ4n) is 11.9. The van der Waals surface area contributed by atoms with Crippen LogP contribution in [0.2, 0.25) is 0 Å². The monoisotopic (exact) mass is 1570 g/mol. The molecule has 44 heteroatoms. The number of phenols is 23. The molecule has 4 aliphatic rings. The topological polar surface area (TPSA) is 744 Å². The summed E-state index contributed by atoms with van der Waals surface area (Å²) >= 11 is 0. The smallest absolute Gasteiger partial charge is 0.344 e. The number of benzene rings is 8. The van der Waals surface area contributed by atoms with Crippen LogP contribution in [0.15, 0.2) is 66.7 Å². The van der Waals surface area contributed by atoms with Crippen LogP contribution >= 0.6 is 0 Å². The van der Waals surface area contributed by atoms with Crippen LogP contribution in [0.3, 0.4) is 0 Å². The van der Waals surface area contributed by atoms with Crippen molar-refractivity contribution in [2.24, 2.45) is 0 Å². The molecule has 2 fully saturated rings. The van der Waals surface area contributed by atoms with Crippen LogP contribution in [0.5, 0.6) is 144 Å². The van der Waals surface area contributed by atoms with Crippen molar-refractivity contribution in [2.75, 3.05) is 13.2 Å². The van der Waals surface area contributed by atoms with Crippen molar-refractivity contribution in [1.82, 2.24) is 0 Å². The molecule has 0 bridgehead atoms. The fourth-order valence-corrected chi connectivity index (χ4v) is 11.9. The average molecular weight is 1570 g/mol. The average Bonchev–Trinajstić information content (AvgIpc) is 0.891. The van der Waals surface area contributed by atoms with Gasteiger partial charge in [0, 0.05) is 28.3 Å². The molecule has 10 atom stereocenters. The minimum Gasteiger partial charge on any atom is -0.504 e. The number of fused-ring (bicyclic) bond motifs is 9. The van der Waals surface area contributed by atoms with Crippen LogP contribution in [-0.2, 0) is 47.4 Å². The van der Waals surface area contributed by atoms with E-state index in [1.165, 1.54) is 0 Å². The number of hydrogen-bond acceptors (Lipinski definition) is 44. The van der Waals surface area contributed by atoms with E-state index < -0.39 is 333 Å².